The third-order valence-electron chi connectivity index (χ3n) is 5.09. The van der Waals surface area contributed by atoms with Crippen LogP contribution in [0.15, 0.2) is 54.6 Å². The molecule has 2 aromatic rings. The average Bonchev–Trinajstić information content (AvgIpc) is 3.13. The molecule has 0 radical (unpaired) electrons. The fourth-order valence-corrected chi connectivity index (χ4v) is 3.38. The lowest BCUT2D eigenvalue weighted by Gasteiger charge is -2.18. The van der Waals surface area contributed by atoms with E-state index in [1.54, 1.807) is 29.2 Å². The molecule has 1 fully saturated rings. The van der Waals surface area contributed by atoms with E-state index in [0.717, 1.165) is 11.3 Å². The van der Waals surface area contributed by atoms with Crippen LogP contribution in [0.1, 0.15) is 42.1 Å². The Kier molecular flexibility index (Phi) is 6.65. The van der Waals surface area contributed by atoms with Crippen molar-refractivity contribution in [3.8, 4) is 0 Å². The fraction of sp³-hybridized carbons (Fsp3) is 0.348. The summed E-state index contributed by atoms with van der Waals surface area (Å²) in [6, 6.07) is 16.8. The number of anilines is 1. The van der Waals surface area contributed by atoms with Crippen LogP contribution in [-0.2, 0) is 9.59 Å². The summed E-state index contributed by atoms with van der Waals surface area (Å²) < 4.78 is 0. The monoisotopic (exact) mass is 393 g/mol. The van der Waals surface area contributed by atoms with Crippen LogP contribution in [0, 0.1) is 5.92 Å². The summed E-state index contributed by atoms with van der Waals surface area (Å²) in [5.41, 5.74) is 2.59. The van der Waals surface area contributed by atoms with Gasteiger partial charge in [-0.25, -0.2) is 0 Å². The summed E-state index contributed by atoms with van der Waals surface area (Å²) in [7, 11) is 0. The lowest BCUT2D eigenvalue weighted by molar-refractivity contribution is -0.126. The Morgan fingerprint density at radius 2 is 1.76 bits per heavy atom. The van der Waals surface area contributed by atoms with Crippen molar-refractivity contribution in [2.45, 2.75) is 26.2 Å². The third kappa shape index (κ3) is 5.22. The zero-order valence-electron chi connectivity index (χ0n) is 16.9. The van der Waals surface area contributed by atoms with Crippen molar-refractivity contribution in [2.24, 2.45) is 5.92 Å². The van der Waals surface area contributed by atoms with Crippen LogP contribution in [0.2, 0.25) is 0 Å². The van der Waals surface area contributed by atoms with Gasteiger partial charge < -0.3 is 15.5 Å². The highest BCUT2D eigenvalue weighted by Crippen LogP contribution is 2.27. The molecular formula is C23H27N3O3. The smallest absolute Gasteiger partial charge is 0.251 e. The van der Waals surface area contributed by atoms with Crippen LogP contribution in [0.5, 0.6) is 0 Å². The lowest BCUT2D eigenvalue weighted by atomic mass is 10.0. The predicted molar refractivity (Wildman–Crippen MR) is 113 cm³/mol. The van der Waals surface area contributed by atoms with Crippen molar-refractivity contribution in [3.05, 3.63) is 65.7 Å². The number of amides is 3. The van der Waals surface area contributed by atoms with Crippen LogP contribution in [0.25, 0.3) is 0 Å². The molecule has 0 spiro atoms. The summed E-state index contributed by atoms with van der Waals surface area (Å²) in [6.45, 7) is 5.25. The quantitative estimate of drug-likeness (QED) is 0.710. The van der Waals surface area contributed by atoms with Crippen molar-refractivity contribution < 1.29 is 14.4 Å². The Bertz CT molecular complexity index is 880. The second kappa shape index (κ2) is 9.37. The van der Waals surface area contributed by atoms with Gasteiger partial charge in [-0.1, -0.05) is 44.2 Å². The van der Waals surface area contributed by atoms with Crippen LogP contribution in [-0.4, -0.2) is 37.4 Å². The highest BCUT2D eigenvalue weighted by atomic mass is 16.2. The molecule has 6 nitrogen and oxygen atoms in total. The molecular weight excluding hydrogens is 366 g/mol. The van der Waals surface area contributed by atoms with E-state index in [-0.39, 0.29) is 30.1 Å². The first kappa shape index (κ1) is 20.6. The molecule has 1 aliphatic heterocycles. The van der Waals surface area contributed by atoms with Gasteiger partial charge in [0.15, 0.2) is 0 Å². The van der Waals surface area contributed by atoms with Gasteiger partial charge >= 0.3 is 0 Å². The van der Waals surface area contributed by atoms with Crippen LogP contribution in [0.3, 0.4) is 0 Å². The molecule has 152 valence electrons. The number of carbonyl (C=O) groups is 3. The van der Waals surface area contributed by atoms with Gasteiger partial charge in [0, 0.05) is 37.3 Å². The molecule has 1 heterocycles. The number of nitrogens with zero attached hydrogens (tertiary/aromatic N) is 1. The minimum Gasteiger partial charge on any atom is -0.354 e. The molecule has 3 amide bonds. The van der Waals surface area contributed by atoms with Gasteiger partial charge in [-0.2, -0.15) is 0 Å². The molecule has 0 unspecified atom stereocenters. The summed E-state index contributed by atoms with van der Waals surface area (Å²) >= 11 is 0. The van der Waals surface area contributed by atoms with E-state index < -0.39 is 0 Å². The van der Waals surface area contributed by atoms with E-state index in [9.17, 15) is 14.4 Å². The van der Waals surface area contributed by atoms with Crippen molar-refractivity contribution in [3.63, 3.8) is 0 Å². The Morgan fingerprint density at radius 3 is 2.48 bits per heavy atom. The van der Waals surface area contributed by atoms with E-state index in [2.05, 4.69) is 24.5 Å². The van der Waals surface area contributed by atoms with Crippen molar-refractivity contribution in [2.75, 3.05) is 24.5 Å². The molecule has 6 heteroatoms. The first-order valence-corrected chi connectivity index (χ1v) is 9.97. The van der Waals surface area contributed by atoms with Crippen LogP contribution in [0.4, 0.5) is 5.69 Å². The predicted octanol–water partition coefficient (Wildman–Crippen LogP) is 2.71. The Morgan fingerprint density at radius 1 is 1.03 bits per heavy atom. The Labute approximate surface area is 171 Å². The van der Waals surface area contributed by atoms with E-state index in [1.807, 2.05) is 30.3 Å². The van der Waals surface area contributed by atoms with Gasteiger partial charge in [0.25, 0.3) is 5.91 Å². The normalized spacial score (nSPS) is 16.2. The van der Waals surface area contributed by atoms with Crippen molar-refractivity contribution >= 4 is 23.4 Å². The Balaban J connectivity index is 1.48. The molecule has 1 saturated heterocycles. The second-order valence-electron chi connectivity index (χ2n) is 7.57. The molecule has 29 heavy (non-hydrogen) atoms. The van der Waals surface area contributed by atoms with E-state index in [4.69, 9.17) is 0 Å². The van der Waals surface area contributed by atoms with Crippen LogP contribution < -0.4 is 15.5 Å². The number of nitrogens with one attached hydrogen (secondary N) is 2. The van der Waals surface area contributed by atoms with Gasteiger partial charge in [0.2, 0.25) is 11.8 Å². The number of hydrogen-bond acceptors (Lipinski definition) is 3. The molecule has 1 atom stereocenters. The number of rotatable bonds is 7. The molecule has 3 rings (SSSR count). The summed E-state index contributed by atoms with van der Waals surface area (Å²) in [6.07, 6.45) is 0.202. The molecule has 0 aromatic heterocycles. The largest absolute Gasteiger partial charge is 0.354 e. The minimum absolute atomic E-state index is 0.0385. The average molecular weight is 393 g/mol. The summed E-state index contributed by atoms with van der Waals surface area (Å²) in [5.74, 6) is -0.377. The fourth-order valence-electron chi connectivity index (χ4n) is 3.38. The van der Waals surface area contributed by atoms with Crippen molar-refractivity contribution in [1.82, 2.24) is 10.6 Å². The first-order chi connectivity index (χ1) is 14.0. The SMILES string of the molecule is CC(C)c1cccc(N2C[C@@H](C(=O)NCCNC(=O)c3ccccc3)CC2=O)c1. The standard InChI is InChI=1S/C23H27N3O3/c1-16(2)18-9-6-10-20(13-18)26-15-19(14-21(26)27)23(29)25-12-11-24-22(28)17-7-4-3-5-8-17/h3-10,13,16,19H,11-12,14-15H2,1-2H3,(H,24,28)(H,25,29)/t19-/m0/s1. The maximum absolute atomic E-state index is 12.5. The zero-order chi connectivity index (χ0) is 20.8. The number of carbonyl (C=O) groups excluding carboxylic acids is 3. The minimum atomic E-state index is -0.380. The highest BCUT2D eigenvalue weighted by Gasteiger charge is 2.35. The van der Waals surface area contributed by atoms with Gasteiger partial charge in [-0.15, -0.1) is 0 Å². The lowest BCUT2D eigenvalue weighted by Crippen LogP contribution is -2.38. The van der Waals surface area contributed by atoms with Gasteiger partial charge in [-0.05, 0) is 35.7 Å². The van der Waals surface area contributed by atoms with E-state index >= 15 is 0 Å². The first-order valence-electron chi connectivity index (χ1n) is 9.97. The van der Waals surface area contributed by atoms with E-state index in [1.165, 1.54) is 0 Å². The molecule has 2 aromatic carbocycles. The maximum atomic E-state index is 12.5. The maximum Gasteiger partial charge on any atom is 0.251 e. The van der Waals surface area contributed by atoms with Crippen molar-refractivity contribution in [1.29, 1.82) is 0 Å². The van der Waals surface area contributed by atoms with Gasteiger partial charge in [-0.3, -0.25) is 14.4 Å². The zero-order valence-corrected chi connectivity index (χ0v) is 16.9. The van der Waals surface area contributed by atoms with Crippen LogP contribution >= 0.6 is 0 Å². The molecule has 1 aliphatic rings. The highest BCUT2D eigenvalue weighted by molar-refractivity contribution is 6.00. The molecule has 0 saturated carbocycles. The van der Waals surface area contributed by atoms with Gasteiger partial charge in [0.05, 0.1) is 5.92 Å². The summed E-state index contributed by atoms with van der Waals surface area (Å²) in [4.78, 5) is 38.6. The topological polar surface area (TPSA) is 78.5 Å². The third-order valence-corrected chi connectivity index (χ3v) is 5.09. The molecule has 2 N–H and O–H groups in total. The van der Waals surface area contributed by atoms with Gasteiger partial charge in [0.1, 0.15) is 0 Å². The Hall–Kier alpha value is -3.15. The molecule has 0 bridgehead atoms. The summed E-state index contributed by atoms with van der Waals surface area (Å²) in [5, 5.41) is 5.60. The second-order valence-corrected chi connectivity index (χ2v) is 7.57. The number of benzene rings is 2. The molecule has 0 aliphatic carbocycles. The van der Waals surface area contributed by atoms with E-state index in [0.29, 0.717) is 31.1 Å². The number of hydrogen-bond donors (Lipinski definition) is 2.